The maximum absolute atomic E-state index is 11.0. The van der Waals surface area contributed by atoms with Gasteiger partial charge in [-0.15, -0.1) is 5.92 Å². The standard InChI is InChI=1S/C9H11NO2/c1-4-6-7-8(10-3)9(11)12-5-2/h8H,5,7H2,1-2H3. The topological polar surface area (TPSA) is 30.7 Å². The number of carbonyl (C=O) groups is 1. The molecule has 0 heterocycles. The van der Waals surface area contributed by atoms with Crippen molar-refractivity contribution in [2.45, 2.75) is 26.3 Å². The van der Waals surface area contributed by atoms with Gasteiger partial charge in [0, 0.05) is 0 Å². The molecule has 1 unspecified atom stereocenters. The molecule has 0 saturated carbocycles. The normalized spacial score (nSPS) is 10.4. The van der Waals surface area contributed by atoms with Crippen molar-refractivity contribution in [3.05, 3.63) is 11.4 Å². The molecule has 0 aromatic rings. The van der Waals surface area contributed by atoms with Gasteiger partial charge in [0.05, 0.1) is 13.0 Å². The summed E-state index contributed by atoms with van der Waals surface area (Å²) in [6.45, 7) is 10.4. The molecule has 0 aromatic heterocycles. The zero-order valence-corrected chi connectivity index (χ0v) is 7.26. The lowest BCUT2D eigenvalue weighted by Gasteiger charge is -2.00. The number of carbonyl (C=O) groups excluding carboxylic acids is 1. The summed E-state index contributed by atoms with van der Waals surface area (Å²) in [5.74, 6) is 4.83. The van der Waals surface area contributed by atoms with Gasteiger partial charge in [-0.05, 0) is 13.8 Å². The van der Waals surface area contributed by atoms with Crippen LogP contribution in [0.25, 0.3) is 4.85 Å². The number of nitrogens with zero attached hydrogens (tertiary/aromatic N) is 1. The summed E-state index contributed by atoms with van der Waals surface area (Å²) in [6.07, 6.45) is 0.263. The fourth-order valence-corrected chi connectivity index (χ4v) is 0.619. The Hall–Kier alpha value is -1.48. The predicted octanol–water partition coefficient (Wildman–Crippen LogP) is 1.25. The molecule has 0 aromatic carbocycles. The van der Waals surface area contributed by atoms with Crippen LogP contribution in [0.1, 0.15) is 20.3 Å². The lowest BCUT2D eigenvalue weighted by atomic mass is 10.2. The van der Waals surface area contributed by atoms with Crippen molar-refractivity contribution in [1.29, 1.82) is 0 Å². The Morgan fingerprint density at radius 1 is 1.75 bits per heavy atom. The highest BCUT2D eigenvalue weighted by Gasteiger charge is 2.23. The summed E-state index contributed by atoms with van der Waals surface area (Å²) in [5.41, 5.74) is 0. The smallest absolute Gasteiger partial charge is 0.391 e. The molecule has 0 aliphatic rings. The summed E-state index contributed by atoms with van der Waals surface area (Å²) >= 11 is 0. The fourth-order valence-electron chi connectivity index (χ4n) is 0.619. The van der Waals surface area contributed by atoms with E-state index in [9.17, 15) is 4.79 Å². The van der Waals surface area contributed by atoms with Crippen LogP contribution in [-0.4, -0.2) is 18.6 Å². The van der Waals surface area contributed by atoms with Gasteiger partial charge in [0.1, 0.15) is 0 Å². The van der Waals surface area contributed by atoms with Gasteiger partial charge in [0.25, 0.3) is 0 Å². The van der Waals surface area contributed by atoms with E-state index in [-0.39, 0.29) is 6.42 Å². The minimum atomic E-state index is -0.752. The van der Waals surface area contributed by atoms with Gasteiger partial charge < -0.3 is 9.58 Å². The number of rotatable bonds is 3. The highest BCUT2D eigenvalue weighted by molar-refractivity contribution is 5.78. The Labute approximate surface area is 72.5 Å². The number of ether oxygens (including phenoxy) is 1. The van der Waals surface area contributed by atoms with Crippen molar-refractivity contribution in [2.24, 2.45) is 0 Å². The fraction of sp³-hybridized carbons (Fsp3) is 0.556. The van der Waals surface area contributed by atoms with E-state index in [2.05, 4.69) is 21.4 Å². The van der Waals surface area contributed by atoms with Crippen LogP contribution >= 0.6 is 0 Å². The molecule has 0 radical (unpaired) electrons. The minimum Gasteiger partial charge on any atom is -0.460 e. The van der Waals surface area contributed by atoms with Crippen LogP contribution in [0.15, 0.2) is 0 Å². The molecule has 3 heteroatoms. The van der Waals surface area contributed by atoms with E-state index in [0.717, 1.165) is 0 Å². The van der Waals surface area contributed by atoms with Gasteiger partial charge >= 0.3 is 12.0 Å². The quantitative estimate of drug-likeness (QED) is 0.358. The predicted molar refractivity (Wildman–Crippen MR) is 45.1 cm³/mol. The molecule has 0 aliphatic heterocycles. The summed E-state index contributed by atoms with van der Waals surface area (Å²) in [4.78, 5) is 14.1. The lowest BCUT2D eigenvalue weighted by Crippen LogP contribution is -2.19. The molecule has 0 spiro atoms. The highest BCUT2D eigenvalue weighted by atomic mass is 16.5. The third-order valence-corrected chi connectivity index (χ3v) is 1.19. The number of hydrogen-bond acceptors (Lipinski definition) is 2. The van der Waals surface area contributed by atoms with Crippen molar-refractivity contribution < 1.29 is 9.53 Å². The second kappa shape index (κ2) is 6.24. The Kier molecular flexibility index (Phi) is 5.47. The number of hydrogen-bond donors (Lipinski definition) is 0. The molecule has 0 aliphatic carbocycles. The average molecular weight is 165 g/mol. The number of esters is 1. The molecule has 0 N–H and O–H groups in total. The van der Waals surface area contributed by atoms with E-state index in [0.29, 0.717) is 6.61 Å². The Morgan fingerprint density at radius 2 is 2.42 bits per heavy atom. The van der Waals surface area contributed by atoms with Crippen molar-refractivity contribution in [2.75, 3.05) is 6.61 Å². The van der Waals surface area contributed by atoms with Crippen LogP contribution in [0.2, 0.25) is 0 Å². The molecule has 0 rings (SSSR count). The van der Waals surface area contributed by atoms with Crippen molar-refractivity contribution >= 4 is 5.97 Å². The third-order valence-electron chi connectivity index (χ3n) is 1.19. The lowest BCUT2D eigenvalue weighted by molar-refractivity contribution is -0.143. The molecule has 3 nitrogen and oxygen atoms in total. The summed E-state index contributed by atoms with van der Waals surface area (Å²) in [5, 5.41) is 0. The average Bonchev–Trinajstić information content (AvgIpc) is 2.06. The van der Waals surface area contributed by atoms with Crippen LogP contribution in [0, 0.1) is 18.4 Å². The highest BCUT2D eigenvalue weighted by Crippen LogP contribution is 1.99. The van der Waals surface area contributed by atoms with Gasteiger partial charge in [-0.2, -0.15) is 0 Å². The molecule has 12 heavy (non-hydrogen) atoms. The van der Waals surface area contributed by atoms with E-state index < -0.39 is 12.0 Å². The maximum Gasteiger partial charge on any atom is 0.391 e. The van der Waals surface area contributed by atoms with Crippen molar-refractivity contribution in [3.8, 4) is 11.8 Å². The van der Waals surface area contributed by atoms with Crippen LogP contribution in [-0.2, 0) is 9.53 Å². The Bertz CT molecular complexity index is 241. The first kappa shape index (κ1) is 10.5. The first-order chi connectivity index (χ1) is 5.76. The largest absolute Gasteiger partial charge is 0.460 e. The van der Waals surface area contributed by atoms with E-state index >= 15 is 0 Å². The van der Waals surface area contributed by atoms with Crippen molar-refractivity contribution in [3.63, 3.8) is 0 Å². The van der Waals surface area contributed by atoms with E-state index in [1.165, 1.54) is 0 Å². The van der Waals surface area contributed by atoms with Gasteiger partial charge in [0.2, 0.25) is 0 Å². The maximum atomic E-state index is 11.0. The van der Waals surface area contributed by atoms with Gasteiger partial charge in [-0.25, -0.2) is 11.4 Å². The summed E-state index contributed by atoms with van der Waals surface area (Å²) < 4.78 is 4.67. The SMILES string of the molecule is [C-]#[N+]C(CC#CC)C(=O)OCC. The van der Waals surface area contributed by atoms with Crippen LogP contribution in [0.4, 0.5) is 0 Å². The molecular formula is C9H11NO2. The monoisotopic (exact) mass is 165 g/mol. The molecular weight excluding hydrogens is 154 g/mol. The van der Waals surface area contributed by atoms with Crippen LogP contribution < -0.4 is 0 Å². The molecule has 64 valence electrons. The second-order valence-electron chi connectivity index (χ2n) is 2.03. The second-order valence-corrected chi connectivity index (χ2v) is 2.03. The third kappa shape index (κ3) is 3.63. The molecule has 1 atom stereocenters. The Balaban J connectivity index is 4.04. The van der Waals surface area contributed by atoms with E-state index in [1.807, 2.05) is 0 Å². The molecule has 0 fully saturated rings. The van der Waals surface area contributed by atoms with Crippen LogP contribution in [0.5, 0.6) is 0 Å². The van der Waals surface area contributed by atoms with Crippen LogP contribution in [0.3, 0.4) is 0 Å². The summed E-state index contributed by atoms with van der Waals surface area (Å²) in [7, 11) is 0. The zero-order valence-electron chi connectivity index (χ0n) is 7.26. The van der Waals surface area contributed by atoms with Gasteiger partial charge in [-0.1, -0.05) is 5.92 Å². The molecule has 0 saturated heterocycles. The molecule has 0 amide bonds. The first-order valence-electron chi connectivity index (χ1n) is 3.69. The summed E-state index contributed by atoms with van der Waals surface area (Å²) in [6, 6.07) is -0.752. The minimum absolute atomic E-state index is 0.263. The first-order valence-corrected chi connectivity index (χ1v) is 3.69. The van der Waals surface area contributed by atoms with Gasteiger partial charge in [-0.3, -0.25) is 0 Å². The zero-order chi connectivity index (χ0) is 9.40. The Morgan fingerprint density at radius 3 is 2.83 bits per heavy atom. The van der Waals surface area contributed by atoms with E-state index in [1.54, 1.807) is 13.8 Å². The molecule has 0 bridgehead atoms. The van der Waals surface area contributed by atoms with Crippen molar-refractivity contribution in [1.82, 2.24) is 0 Å². The van der Waals surface area contributed by atoms with E-state index in [4.69, 9.17) is 6.57 Å². The van der Waals surface area contributed by atoms with Gasteiger partial charge in [0.15, 0.2) is 0 Å².